The first-order valence-corrected chi connectivity index (χ1v) is 10.5. The molecule has 30 heavy (non-hydrogen) atoms. The molecule has 1 aromatic rings. The number of carbonyl (C=O) groups excluding carboxylic acids is 3. The van der Waals surface area contributed by atoms with Gasteiger partial charge in [-0.2, -0.15) is 5.06 Å². The van der Waals surface area contributed by atoms with Crippen LogP contribution in [0.5, 0.6) is 0 Å². The zero-order valence-corrected chi connectivity index (χ0v) is 19.2. The van der Waals surface area contributed by atoms with Crippen LogP contribution in [0.25, 0.3) is 0 Å². The predicted molar refractivity (Wildman–Crippen MR) is 117 cm³/mol. The Balaban J connectivity index is 2.35. The summed E-state index contributed by atoms with van der Waals surface area (Å²) >= 11 is 24.5. The first-order chi connectivity index (χ1) is 14.0. The number of nitrogens with zero attached hydrogens (tertiary/aromatic N) is 1. The fraction of sp³-hybridized carbons (Fsp3) is 0.350. The molecule has 2 atom stereocenters. The third-order valence-corrected chi connectivity index (χ3v) is 6.17. The molecule has 162 valence electrons. The molecule has 1 N–H and O–H groups in total. The number of benzene rings is 1. The zero-order valence-electron chi connectivity index (χ0n) is 16.2. The van der Waals surface area contributed by atoms with E-state index in [4.69, 9.17) is 51.2 Å². The van der Waals surface area contributed by atoms with Gasteiger partial charge in [0.05, 0.1) is 12.0 Å². The van der Waals surface area contributed by atoms with E-state index in [-0.39, 0.29) is 17.5 Å². The van der Waals surface area contributed by atoms with Crippen molar-refractivity contribution in [1.29, 1.82) is 0 Å². The molecule has 6 nitrogen and oxygen atoms in total. The minimum absolute atomic E-state index is 0.00750. The summed E-state index contributed by atoms with van der Waals surface area (Å²) < 4.78 is 0. The number of hydrogen-bond acceptors (Lipinski definition) is 4. The number of carbonyl (C=O) groups is 3. The second-order valence-corrected chi connectivity index (χ2v) is 8.99. The molecule has 10 heteroatoms. The number of rotatable bonds is 7. The van der Waals surface area contributed by atoms with Gasteiger partial charge in [-0.05, 0) is 43.7 Å². The molecule has 0 fully saturated rings. The third-order valence-electron chi connectivity index (χ3n) is 4.41. The van der Waals surface area contributed by atoms with Gasteiger partial charge < -0.3 is 10.2 Å². The molecular formula is C20H20Cl4N2O4. The summed E-state index contributed by atoms with van der Waals surface area (Å²) in [5.74, 6) is -2.63. The molecule has 0 saturated carbocycles. The molecule has 2 rings (SSSR count). The number of nitrogens with one attached hydrogen (secondary N) is 1. The lowest BCUT2D eigenvalue weighted by Gasteiger charge is -2.34. The van der Waals surface area contributed by atoms with Crippen molar-refractivity contribution < 1.29 is 19.2 Å². The second-order valence-electron chi connectivity index (χ2n) is 7.25. The lowest BCUT2D eigenvalue weighted by Crippen LogP contribution is -2.51. The van der Waals surface area contributed by atoms with Crippen LogP contribution in [0.4, 0.5) is 0 Å². The standard InChI is InChI=1S/C20H20Cl4N2O4/c1-19(2,11-21)18(29)26(10-13-5-3-4-6-16(13)23)30-17(28)15-9-14(22)7-8-20(15,24)25-12-27/h3-9,12,15H,10-11H2,1-2H3,(H,25,27). The van der Waals surface area contributed by atoms with Crippen molar-refractivity contribution in [1.82, 2.24) is 10.4 Å². The van der Waals surface area contributed by atoms with Crippen molar-refractivity contribution in [3.8, 4) is 0 Å². The van der Waals surface area contributed by atoms with E-state index in [1.54, 1.807) is 38.1 Å². The molecule has 0 heterocycles. The lowest BCUT2D eigenvalue weighted by atomic mass is 9.94. The van der Waals surface area contributed by atoms with E-state index in [9.17, 15) is 14.4 Å². The Kier molecular flexibility index (Phi) is 8.22. The van der Waals surface area contributed by atoms with Gasteiger partial charge >= 0.3 is 5.97 Å². The molecule has 1 aromatic carbocycles. The van der Waals surface area contributed by atoms with Gasteiger partial charge in [-0.3, -0.25) is 9.59 Å². The van der Waals surface area contributed by atoms with Crippen molar-refractivity contribution in [3.05, 3.63) is 58.1 Å². The van der Waals surface area contributed by atoms with E-state index in [2.05, 4.69) is 5.32 Å². The molecule has 0 bridgehead atoms. The van der Waals surface area contributed by atoms with Crippen LogP contribution < -0.4 is 5.32 Å². The van der Waals surface area contributed by atoms with Gasteiger partial charge in [0.15, 0.2) is 5.00 Å². The Morgan fingerprint density at radius 2 is 1.97 bits per heavy atom. The largest absolute Gasteiger partial charge is 0.343 e. The van der Waals surface area contributed by atoms with E-state index in [1.807, 2.05) is 0 Å². The SMILES string of the molecule is CC(C)(CCl)C(=O)N(Cc1ccccc1Cl)OC(=O)C1C=C(Cl)C=CC1(Cl)NC=O. The highest BCUT2D eigenvalue weighted by molar-refractivity contribution is 6.33. The average Bonchev–Trinajstić information content (AvgIpc) is 2.70. The van der Waals surface area contributed by atoms with E-state index >= 15 is 0 Å². The van der Waals surface area contributed by atoms with Gasteiger partial charge in [0.25, 0.3) is 5.91 Å². The smallest absolute Gasteiger partial charge is 0.337 e. The van der Waals surface area contributed by atoms with Crippen LogP contribution in [0.2, 0.25) is 5.02 Å². The number of allylic oxidation sites excluding steroid dienone is 2. The first-order valence-electron chi connectivity index (χ1n) is 8.84. The number of alkyl halides is 2. The summed E-state index contributed by atoms with van der Waals surface area (Å²) in [6, 6.07) is 6.83. The summed E-state index contributed by atoms with van der Waals surface area (Å²) in [5, 5.41) is 3.88. The summed E-state index contributed by atoms with van der Waals surface area (Å²) in [6.45, 7) is 3.13. The Labute approximate surface area is 194 Å². The van der Waals surface area contributed by atoms with Gasteiger partial charge in [-0.1, -0.05) is 53.0 Å². The fourth-order valence-electron chi connectivity index (χ4n) is 2.60. The summed E-state index contributed by atoms with van der Waals surface area (Å²) in [5.41, 5.74) is -0.465. The number of halogens is 4. The van der Waals surface area contributed by atoms with Crippen LogP contribution in [0, 0.1) is 11.3 Å². The van der Waals surface area contributed by atoms with E-state index < -0.39 is 28.2 Å². The minimum atomic E-state index is -1.60. The number of hydroxylamine groups is 2. The maximum atomic E-state index is 13.0. The van der Waals surface area contributed by atoms with E-state index in [1.165, 1.54) is 18.2 Å². The van der Waals surface area contributed by atoms with Crippen LogP contribution >= 0.6 is 46.4 Å². The highest BCUT2D eigenvalue weighted by Crippen LogP contribution is 2.34. The van der Waals surface area contributed by atoms with Gasteiger partial charge in [-0.25, -0.2) is 4.79 Å². The van der Waals surface area contributed by atoms with Crippen molar-refractivity contribution in [2.45, 2.75) is 25.4 Å². The Morgan fingerprint density at radius 1 is 1.30 bits per heavy atom. The van der Waals surface area contributed by atoms with Crippen LogP contribution in [0.1, 0.15) is 19.4 Å². The van der Waals surface area contributed by atoms with Crippen molar-refractivity contribution in [2.75, 3.05) is 5.88 Å². The maximum Gasteiger partial charge on any atom is 0.343 e. The topological polar surface area (TPSA) is 75.7 Å². The average molecular weight is 494 g/mol. The number of amides is 2. The van der Waals surface area contributed by atoms with Gasteiger partial charge in [-0.15, -0.1) is 11.6 Å². The van der Waals surface area contributed by atoms with Crippen LogP contribution in [-0.2, 0) is 25.8 Å². The van der Waals surface area contributed by atoms with Crippen molar-refractivity contribution in [3.63, 3.8) is 0 Å². The predicted octanol–water partition coefficient (Wildman–Crippen LogP) is 4.38. The summed E-state index contributed by atoms with van der Waals surface area (Å²) in [4.78, 5) is 40.8. The quantitative estimate of drug-likeness (QED) is 0.264. The number of hydrogen-bond donors (Lipinski definition) is 1. The molecule has 1 aliphatic rings. The van der Waals surface area contributed by atoms with Crippen molar-refractivity contribution >= 4 is 64.7 Å². The molecular weight excluding hydrogens is 474 g/mol. The third kappa shape index (κ3) is 5.70. The van der Waals surface area contributed by atoms with Gasteiger partial charge in [0.2, 0.25) is 6.41 Å². The Morgan fingerprint density at radius 3 is 2.57 bits per heavy atom. The molecule has 0 spiro atoms. The molecule has 0 radical (unpaired) electrons. The van der Waals surface area contributed by atoms with Crippen LogP contribution in [-0.4, -0.2) is 34.2 Å². The molecule has 1 aliphatic carbocycles. The highest BCUT2D eigenvalue weighted by Gasteiger charge is 2.43. The molecule has 0 aromatic heterocycles. The second kappa shape index (κ2) is 10.1. The van der Waals surface area contributed by atoms with Crippen LogP contribution in [0.3, 0.4) is 0 Å². The zero-order chi connectivity index (χ0) is 22.5. The fourth-order valence-corrected chi connectivity index (χ4v) is 3.35. The van der Waals surface area contributed by atoms with Gasteiger partial charge in [0.1, 0.15) is 5.92 Å². The molecule has 2 amide bonds. The maximum absolute atomic E-state index is 13.0. The van der Waals surface area contributed by atoms with Crippen LogP contribution in [0.15, 0.2) is 47.5 Å². The van der Waals surface area contributed by atoms with Crippen molar-refractivity contribution in [2.24, 2.45) is 11.3 Å². The lowest BCUT2D eigenvalue weighted by molar-refractivity contribution is -0.208. The van der Waals surface area contributed by atoms with Gasteiger partial charge in [0, 0.05) is 15.9 Å². The van der Waals surface area contributed by atoms with E-state index in [0.717, 1.165) is 5.06 Å². The monoisotopic (exact) mass is 492 g/mol. The highest BCUT2D eigenvalue weighted by atomic mass is 35.5. The first kappa shape index (κ1) is 24.5. The Bertz CT molecular complexity index is 887. The molecule has 0 saturated heterocycles. The summed E-state index contributed by atoms with van der Waals surface area (Å²) in [7, 11) is 0. The minimum Gasteiger partial charge on any atom is -0.337 e. The van der Waals surface area contributed by atoms with E-state index in [0.29, 0.717) is 17.0 Å². The normalized spacial score (nSPS) is 20.9. The Hall–Kier alpha value is -1.73. The molecule has 0 aliphatic heterocycles. The molecule has 2 unspecified atom stereocenters. The summed E-state index contributed by atoms with van der Waals surface area (Å²) in [6.07, 6.45) is 4.49.